The Balaban J connectivity index is 1.87. The van der Waals surface area contributed by atoms with Crippen LogP contribution < -0.4 is 11.1 Å². The lowest BCUT2D eigenvalue weighted by Gasteiger charge is -2.24. The summed E-state index contributed by atoms with van der Waals surface area (Å²) in [4.78, 5) is 11.6. The van der Waals surface area contributed by atoms with Gasteiger partial charge >= 0.3 is 0 Å². The molecule has 1 aliphatic carbocycles. The van der Waals surface area contributed by atoms with Gasteiger partial charge in [-0.15, -0.1) is 0 Å². The van der Waals surface area contributed by atoms with Crippen molar-refractivity contribution in [2.75, 3.05) is 5.73 Å². The maximum Gasteiger partial charge on any atom is 0.223 e. The molecular formula is C12H16N2O. The molecule has 2 rings (SSSR count). The van der Waals surface area contributed by atoms with Gasteiger partial charge < -0.3 is 11.1 Å². The average Bonchev–Trinajstić information content (AvgIpc) is 2.14. The molecule has 0 spiro atoms. The molecule has 15 heavy (non-hydrogen) atoms. The number of para-hydroxylation sites is 1. The van der Waals surface area contributed by atoms with Crippen LogP contribution in [0.25, 0.3) is 0 Å². The van der Waals surface area contributed by atoms with E-state index in [1.54, 1.807) is 0 Å². The Morgan fingerprint density at radius 3 is 2.73 bits per heavy atom. The second-order valence-corrected chi connectivity index (χ2v) is 4.04. The first kappa shape index (κ1) is 10.0. The van der Waals surface area contributed by atoms with E-state index in [0.29, 0.717) is 6.54 Å². The van der Waals surface area contributed by atoms with Gasteiger partial charge in [0, 0.05) is 18.2 Å². The van der Waals surface area contributed by atoms with Crippen molar-refractivity contribution >= 4 is 11.6 Å². The zero-order chi connectivity index (χ0) is 10.7. The van der Waals surface area contributed by atoms with Crippen LogP contribution >= 0.6 is 0 Å². The molecule has 3 nitrogen and oxygen atoms in total. The number of hydrogen-bond acceptors (Lipinski definition) is 2. The highest BCUT2D eigenvalue weighted by Crippen LogP contribution is 2.26. The maximum atomic E-state index is 11.6. The van der Waals surface area contributed by atoms with Gasteiger partial charge in [0.15, 0.2) is 0 Å². The van der Waals surface area contributed by atoms with Crippen molar-refractivity contribution in [3.63, 3.8) is 0 Å². The molecule has 1 fully saturated rings. The molecule has 3 N–H and O–H groups in total. The van der Waals surface area contributed by atoms with E-state index in [-0.39, 0.29) is 11.8 Å². The standard InChI is InChI=1S/C12H16N2O/c13-11-7-2-1-4-10(11)8-14-12(15)9-5-3-6-9/h1-2,4,7,9H,3,5-6,8,13H2,(H,14,15). The zero-order valence-corrected chi connectivity index (χ0v) is 8.70. The Morgan fingerprint density at radius 1 is 1.40 bits per heavy atom. The molecule has 1 aromatic carbocycles. The number of carbonyl (C=O) groups is 1. The Morgan fingerprint density at radius 2 is 2.13 bits per heavy atom. The summed E-state index contributed by atoms with van der Waals surface area (Å²) in [7, 11) is 0. The monoisotopic (exact) mass is 204 g/mol. The summed E-state index contributed by atoms with van der Waals surface area (Å²) in [6.45, 7) is 0.544. The summed E-state index contributed by atoms with van der Waals surface area (Å²) >= 11 is 0. The highest BCUT2D eigenvalue weighted by molar-refractivity contribution is 5.79. The van der Waals surface area contributed by atoms with Crippen LogP contribution in [0, 0.1) is 5.92 Å². The number of nitrogens with two attached hydrogens (primary N) is 1. The van der Waals surface area contributed by atoms with Crippen LogP contribution in [-0.2, 0) is 11.3 Å². The van der Waals surface area contributed by atoms with Gasteiger partial charge in [0.1, 0.15) is 0 Å². The van der Waals surface area contributed by atoms with Crippen LogP contribution in [0.2, 0.25) is 0 Å². The SMILES string of the molecule is Nc1ccccc1CNC(=O)C1CCC1. The number of amides is 1. The number of rotatable bonds is 3. The number of hydrogen-bond donors (Lipinski definition) is 2. The van der Waals surface area contributed by atoms with Crippen molar-refractivity contribution < 1.29 is 4.79 Å². The summed E-state index contributed by atoms with van der Waals surface area (Å²) in [6.07, 6.45) is 3.26. The second-order valence-electron chi connectivity index (χ2n) is 4.04. The van der Waals surface area contributed by atoms with E-state index in [1.165, 1.54) is 6.42 Å². The third kappa shape index (κ3) is 2.29. The molecule has 1 aromatic rings. The quantitative estimate of drug-likeness (QED) is 0.736. The fourth-order valence-corrected chi connectivity index (χ4v) is 1.69. The summed E-state index contributed by atoms with van der Waals surface area (Å²) < 4.78 is 0. The molecule has 0 aromatic heterocycles. The number of benzene rings is 1. The molecule has 0 saturated heterocycles. The van der Waals surface area contributed by atoms with E-state index in [0.717, 1.165) is 24.1 Å². The number of carbonyl (C=O) groups excluding carboxylic acids is 1. The average molecular weight is 204 g/mol. The van der Waals surface area contributed by atoms with Crippen LogP contribution in [0.4, 0.5) is 5.69 Å². The van der Waals surface area contributed by atoms with Crippen molar-refractivity contribution in [2.24, 2.45) is 5.92 Å². The minimum atomic E-state index is 0.171. The van der Waals surface area contributed by atoms with E-state index in [2.05, 4.69) is 5.32 Å². The van der Waals surface area contributed by atoms with Crippen molar-refractivity contribution in [1.29, 1.82) is 0 Å². The lowest BCUT2D eigenvalue weighted by atomic mass is 9.85. The van der Waals surface area contributed by atoms with Gasteiger partial charge in [-0.3, -0.25) is 4.79 Å². The van der Waals surface area contributed by atoms with Crippen molar-refractivity contribution in [3.05, 3.63) is 29.8 Å². The molecule has 3 heteroatoms. The van der Waals surface area contributed by atoms with E-state index in [9.17, 15) is 4.79 Å². The second kappa shape index (κ2) is 4.34. The van der Waals surface area contributed by atoms with Crippen molar-refractivity contribution in [1.82, 2.24) is 5.32 Å². The zero-order valence-electron chi connectivity index (χ0n) is 8.70. The van der Waals surface area contributed by atoms with Gasteiger partial charge in [0.2, 0.25) is 5.91 Å². The summed E-state index contributed by atoms with van der Waals surface area (Å²) in [6, 6.07) is 7.62. The van der Waals surface area contributed by atoms with E-state index in [1.807, 2.05) is 24.3 Å². The van der Waals surface area contributed by atoms with Gasteiger partial charge in [0.25, 0.3) is 0 Å². The van der Waals surface area contributed by atoms with Gasteiger partial charge in [-0.05, 0) is 24.5 Å². The molecule has 1 saturated carbocycles. The van der Waals surface area contributed by atoms with Crippen LogP contribution in [0.15, 0.2) is 24.3 Å². The molecule has 80 valence electrons. The predicted molar refractivity (Wildman–Crippen MR) is 60.0 cm³/mol. The predicted octanol–water partition coefficient (Wildman–Crippen LogP) is 1.69. The van der Waals surface area contributed by atoms with Gasteiger partial charge in [-0.1, -0.05) is 24.6 Å². The van der Waals surface area contributed by atoms with E-state index < -0.39 is 0 Å². The van der Waals surface area contributed by atoms with E-state index in [4.69, 9.17) is 5.73 Å². The highest BCUT2D eigenvalue weighted by Gasteiger charge is 2.24. The minimum Gasteiger partial charge on any atom is -0.398 e. The molecule has 0 radical (unpaired) electrons. The smallest absolute Gasteiger partial charge is 0.223 e. The molecule has 0 atom stereocenters. The Bertz CT molecular complexity index is 358. The Kier molecular flexibility index (Phi) is 2.90. The number of anilines is 1. The topological polar surface area (TPSA) is 55.1 Å². The third-order valence-electron chi connectivity index (χ3n) is 2.98. The summed E-state index contributed by atoms with van der Waals surface area (Å²) in [5.74, 6) is 0.416. The molecule has 0 aliphatic heterocycles. The fourth-order valence-electron chi connectivity index (χ4n) is 1.69. The van der Waals surface area contributed by atoms with Gasteiger partial charge in [0.05, 0.1) is 0 Å². The molecular weight excluding hydrogens is 188 g/mol. The fraction of sp³-hybridized carbons (Fsp3) is 0.417. The highest BCUT2D eigenvalue weighted by atomic mass is 16.1. The molecule has 0 unspecified atom stereocenters. The first-order valence-electron chi connectivity index (χ1n) is 5.38. The summed E-state index contributed by atoms with van der Waals surface area (Å²) in [5, 5.41) is 2.92. The van der Waals surface area contributed by atoms with Crippen molar-refractivity contribution in [2.45, 2.75) is 25.8 Å². The van der Waals surface area contributed by atoms with E-state index >= 15 is 0 Å². The lowest BCUT2D eigenvalue weighted by Crippen LogP contribution is -2.34. The normalized spacial score (nSPS) is 15.7. The Hall–Kier alpha value is -1.51. The third-order valence-corrected chi connectivity index (χ3v) is 2.98. The summed E-state index contributed by atoms with van der Waals surface area (Å²) in [5.41, 5.74) is 7.51. The van der Waals surface area contributed by atoms with Gasteiger partial charge in [-0.25, -0.2) is 0 Å². The number of nitrogen functional groups attached to an aromatic ring is 1. The van der Waals surface area contributed by atoms with Crippen LogP contribution in [-0.4, -0.2) is 5.91 Å². The first-order valence-corrected chi connectivity index (χ1v) is 5.38. The van der Waals surface area contributed by atoms with Crippen molar-refractivity contribution in [3.8, 4) is 0 Å². The van der Waals surface area contributed by atoms with Crippen LogP contribution in [0.1, 0.15) is 24.8 Å². The molecule has 1 amide bonds. The van der Waals surface area contributed by atoms with Crippen LogP contribution in [0.5, 0.6) is 0 Å². The van der Waals surface area contributed by atoms with Gasteiger partial charge in [-0.2, -0.15) is 0 Å². The molecule has 0 bridgehead atoms. The lowest BCUT2D eigenvalue weighted by molar-refractivity contribution is -0.127. The first-order chi connectivity index (χ1) is 7.27. The maximum absolute atomic E-state index is 11.6. The largest absolute Gasteiger partial charge is 0.398 e. The minimum absolute atomic E-state index is 0.171. The molecule has 1 aliphatic rings. The number of nitrogens with one attached hydrogen (secondary N) is 1. The Labute approximate surface area is 89.7 Å². The van der Waals surface area contributed by atoms with Crippen LogP contribution in [0.3, 0.4) is 0 Å². The molecule has 0 heterocycles.